The van der Waals surface area contributed by atoms with Gasteiger partial charge in [0.2, 0.25) is 5.91 Å². The van der Waals surface area contributed by atoms with E-state index in [0.29, 0.717) is 18.7 Å². The molecule has 2 rings (SSSR count). The van der Waals surface area contributed by atoms with E-state index in [9.17, 15) is 4.79 Å². The van der Waals surface area contributed by atoms with Gasteiger partial charge < -0.3 is 15.0 Å². The van der Waals surface area contributed by atoms with Crippen molar-refractivity contribution in [2.24, 2.45) is 0 Å². The maximum atomic E-state index is 12.0. The van der Waals surface area contributed by atoms with E-state index in [1.807, 2.05) is 11.9 Å². The second-order valence-corrected chi connectivity index (χ2v) is 5.56. The van der Waals surface area contributed by atoms with Crippen molar-refractivity contribution in [3.63, 3.8) is 0 Å². The summed E-state index contributed by atoms with van der Waals surface area (Å²) in [6.45, 7) is 2.14. The Kier molecular flexibility index (Phi) is 5.45. The first-order valence-corrected chi connectivity index (χ1v) is 7.35. The fourth-order valence-electron chi connectivity index (χ4n) is 2.94. The van der Waals surface area contributed by atoms with Crippen LogP contribution in [0.25, 0.3) is 0 Å². The molecule has 2 aliphatic rings. The maximum absolute atomic E-state index is 12.0. The van der Waals surface area contributed by atoms with Gasteiger partial charge in [0.15, 0.2) is 0 Å². The molecule has 18 heavy (non-hydrogen) atoms. The van der Waals surface area contributed by atoms with Gasteiger partial charge in [-0.25, -0.2) is 0 Å². The van der Waals surface area contributed by atoms with Crippen molar-refractivity contribution in [3.05, 3.63) is 0 Å². The first kappa shape index (κ1) is 13.8. The number of rotatable bonds is 5. The van der Waals surface area contributed by atoms with Crippen LogP contribution in [0.15, 0.2) is 0 Å². The van der Waals surface area contributed by atoms with Crippen molar-refractivity contribution in [2.45, 2.75) is 57.1 Å². The highest BCUT2D eigenvalue weighted by Crippen LogP contribution is 2.21. The number of carbonyl (C=O) groups excluding carboxylic acids is 1. The second kappa shape index (κ2) is 7.10. The van der Waals surface area contributed by atoms with Gasteiger partial charge in [0.25, 0.3) is 0 Å². The molecule has 104 valence electrons. The summed E-state index contributed by atoms with van der Waals surface area (Å²) in [6.07, 6.45) is 8.81. The molecule has 0 bridgehead atoms. The molecule has 1 saturated carbocycles. The minimum Gasteiger partial charge on any atom is -0.377 e. The molecule has 1 heterocycles. The number of hydrogen-bond acceptors (Lipinski definition) is 3. The van der Waals surface area contributed by atoms with Crippen molar-refractivity contribution in [1.29, 1.82) is 0 Å². The Balaban J connectivity index is 1.63. The number of likely N-dealkylation sites (N-methyl/N-ethyl adjacent to an activating group) is 1. The molecule has 0 aromatic rings. The van der Waals surface area contributed by atoms with Crippen molar-refractivity contribution < 1.29 is 9.53 Å². The van der Waals surface area contributed by atoms with Crippen LogP contribution < -0.4 is 5.32 Å². The summed E-state index contributed by atoms with van der Waals surface area (Å²) < 4.78 is 5.52. The van der Waals surface area contributed by atoms with Crippen LogP contribution in [0, 0.1) is 0 Å². The summed E-state index contributed by atoms with van der Waals surface area (Å²) >= 11 is 0. The molecule has 1 atom stereocenters. The van der Waals surface area contributed by atoms with Crippen LogP contribution in [0.5, 0.6) is 0 Å². The number of nitrogens with zero attached hydrogens (tertiary/aromatic N) is 1. The van der Waals surface area contributed by atoms with Crippen molar-refractivity contribution in [3.8, 4) is 0 Å². The summed E-state index contributed by atoms with van der Waals surface area (Å²) in [4.78, 5) is 14.0. The van der Waals surface area contributed by atoms with Crippen LogP contribution in [-0.4, -0.2) is 49.7 Å². The van der Waals surface area contributed by atoms with Crippen LogP contribution in [-0.2, 0) is 9.53 Å². The molecule has 4 nitrogen and oxygen atoms in total. The SMILES string of the molecule is CN(C(=O)CNCC1CCCO1)C1CCCCC1. The van der Waals surface area contributed by atoms with Gasteiger partial charge in [-0.15, -0.1) is 0 Å². The monoisotopic (exact) mass is 254 g/mol. The Morgan fingerprint density at radius 2 is 2.00 bits per heavy atom. The summed E-state index contributed by atoms with van der Waals surface area (Å²) in [5.74, 6) is 0.222. The quantitative estimate of drug-likeness (QED) is 0.809. The van der Waals surface area contributed by atoms with E-state index < -0.39 is 0 Å². The van der Waals surface area contributed by atoms with Gasteiger partial charge in [-0.2, -0.15) is 0 Å². The number of amides is 1. The molecule has 0 spiro atoms. The largest absolute Gasteiger partial charge is 0.377 e. The van der Waals surface area contributed by atoms with E-state index in [0.717, 1.165) is 26.0 Å². The normalized spacial score (nSPS) is 25.3. The minimum absolute atomic E-state index is 0.222. The van der Waals surface area contributed by atoms with Gasteiger partial charge in [0.05, 0.1) is 12.6 Å². The Hall–Kier alpha value is -0.610. The molecule has 1 saturated heterocycles. The molecule has 0 aromatic carbocycles. The summed E-state index contributed by atoms with van der Waals surface area (Å²) in [6, 6.07) is 0.468. The topological polar surface area (TPSA) is 41.6 Å². The van der Waals surface area contributed by atoms with Crippen molar-refractivity contribution in [2.75, 3.05) is 26.7 Å². The molecule has 1 N–H and O–H groups in total. The van der Waals surface area contributed by atoms with Gasteiger partial charge >= 0.3 is 0 Å². The lowest BCUT2D eigenvalue weighted by Crippen LogP contribution is -2.43. The number of nitrogens with one attached hydrogen (secondary N) is 1. The Morgan fingerprint density at radius 1 is 1.22 bits per heavy atom. The average Bonchev–Trinajstić information content (AvgIpc) is 2.92. The molecule has 1 aliphatic carbocycles. The Bertz CT molecular complexity index is 259. The van der Waals surface area contributed by atoms with Gasteiger partial charge in [0.1, 0.15) is 0 Å². The maximum Gasteiger partial charge on any atom is 0.236 e. The highest BCUT2D eigenvalue weighted by molar-refractivity contribution is 5.78. The van der Waals surface area contributed by atoms with E-state index in [-0.39, 0.29) is 5.91 Å². The molecule has 0 radical (unpaired) electrons. The number of carbonyl (C=O) groups is 1. The highest BCUT2D eigenvalue weighted by Gasteiger charge is 2.22. The predicted molar refractivity (Wildman–Crippen MR) is 71.5 cm³/mol. The highest BCUT2D eigenvalue weighted by atomic mass is 16.5. The van der Waals surface area contributed by atoms with E-state index in [1.54, 1.807) is 0 Å². The summed E-state index contributed by atoms with van der Waals surface area (Å²) in [5, 5.41) is 3.23. The molecular formula is C14H26N2O2. The second-order valence-electron chi connectivity index (χ2n) is 5.56. The standard InChI is InChI=1S/C14H26N2O2/c1-16(12-6-3-2-4-7-12)14(17)11-15-10-13-8-5-9-18-13/h12-13,15H,2-11H2,1H3. The van der Waals surface area contributed by atoms with Crippen molar-refractivity contribution >= 4 is 5.91 Å². The molecule has 2 fully saturated rings. The van der Waals surface area contributed by atoms with Crippen LogP contribution in [0.3, 0.4) is 0 Å². The number of hydrogen-bond donors (Lipinski definition) is 1. The fourth-order valence-corrected chi connectivity index (χ4v) is 2.94. The Morgan fingerprint density at radius 3 is 2.67 bits per heavy atom. The third kappa shape index (κ3) is 3.95. The lowest BCUT2D eigenvalue weighted by molar-refractivity contribution is -0.131. The van der Waals surface area contributed by atoms with Gasteiger partial charge in [0, 0.05) is 26.2 Å². The fraction of sp³-hybridized carbons (Fsp3) is 0.929. The zero-order valence-corrected chi connectivity index (χ0v) is 11.5. The minimum atomic E-state index is 0.222. The van der Waals surface area contributed by atoms with E-state index in [4.69, 9.17) is 4.74 Å². The molecule has 1 unspecified atom stereocenters. The van der Waals surface area contributed by atoms with Gasteiger partial charge in [-0.1, -0.05) is 19.3 Å². The Labute approximate surface area is 110 Å². The van der Waals surface area contributed by atoms with Crippen LogP contribution in [0.4, 0.5) is 0 Å². The summed E-state index contributed by atoms with van der Waals surface area (Å²) in [7, 11) is 1.95. The smallest absolute Gasteiger partial charge is 0.236 e. The van der Waals surface area contributed by atoms with Crippen LogP contribution in [0.1, 0.15) is 44.9 Å². The third-order valence-electron chi connectivity index (χ3n) is 4.19. The lowest BCUT2D eigenvalue weighted by atomic mass is 9.94. The summed E-state index contributed by atoms with van der Waals surface area (Å²) in [5.41, 5.74) is 0. The lowest BCUT2D eigenvalue weighted by Gasteiger charge is -2.31. The van der Waals surface area contributed by atoms with E-state index in [2.05, 4.69) is 5.32 Å². The zero-order chi connectivity index (χ0) is 12.8. The zero-order valence-electron chi connectivity index (χ0n) is 11.5. The average molecular weight is 254 g/mol. The van der Waals surface area contributed by atoms with Crippen molar-refractivity contribution in [1.82, 2.24) is 10.2 Å². The first-order valence-electron chi connectivity index (χ1n) is 7.35. The van der Waals surface area contributed by atoms with Crippen LogP contribution >= 0.6 is 0 Å². The molecule has 1 aliphatic heterocycles. The van der Waals surface area contributed by atoms with Gasteiger partial charge in [-0.05, 0) is 25.7 Å². The van der Waals surface area contributed by atoms with Crippen LogP contribution in [0.2, 0.25) is 0 Å². The predicted octanol–water partition coefficient (Wildman–Crippen LogP) is 1.55. The number of ether oxygens (including phenoxy) is 1. The first-order chi connectivity index (χ1) is 8.77. The van der Waals surface area contributed by atoms with E-state index >= 15 is 0 Å². The molecule has 4 heteroatoms. The van der Waals surface area contributed by atoms with E-state index in [1.165, 1.54) is 32.1 Å². The molecular weight excluding hydrogens is 228 g/mol. The third-order valence-corrected chi connectivity index (χ3v) is 4.19. The molecule has 0 aromatic heterocycles. The molecule has 1 amide bonds. The van der Waals surface area contributed by atoms with Gasteiger partial charge in [-0.3, -0.25) is 4.79 Å².